The summed E-state index contributed by atoms with van der Waals surface area (Å²) in [7, 11) is -2.89. The number of allylic oxidation sites excluding steroid dienone is 4. The molecule has 168 valence electrons. The first-order valence-corrected chi connectivity index (χ1v) is 14.1. The summed E-state index contributed by atoms with van der Waals surface area (Å²) in [6.07, 6.45) is 15.1. The van der Waals surface area contributed by atoms with Gasteiger partial charge in [0.25, 0.3) is 0 Å². The molecule has 4 heteroatoms. The van der Waals surface area contributed by atoms with Crippen molar-refractivity contribution in [2.24, 2.45) is 0 Å². The van der Waals surface area contributed by atoms with Crippen LogP contribution >= 0.6 is 7.14 Å². The van der Waals surface area contributed by atoms with E-state index in [9.17, 15) is 0 Å². The quantitative estimate of drug-likeness (QED) is 0.258. The number of hydrogen-bond donors (Lipinski definition) is 0. The summed E-state index contributed by atoms with van der Waals surface area (Å²) < 4.78 is 17.4. The van der Waals surface area contributed by atoms with Crippen LogP contribution in [0.4, 0.5) is 0 Å². The molecule has 0 saturated carbocycles. The zero-order valence-corrected chi connectivity index (χ0v) is 20.0. The molecule has 0 saturated heterocycles. The molecule has 2 aromatic heterocycles. The first kappa shape index (κ1) is 19.6. The lowest BCUT2D eigenvalue weighted by atomic mass is 9.93. The van der Waals surface area contributed by atoms with E-state index in [0.717, 1.165) is 50.7 Å². The number of hydrogen-bond acceptors (Lipinski definition) is 2. The Labute approximate surface area is 202 Å². The molecule has 0 spiro atoms. The van der Waals surface area contributed by atoms with Gasteiger partial charge >= 0.3 is 0 Å². The SMILES string of the molecule is O=P1(c2ccc3c4ccccc4c4nc5c(n4c3c2)=CCCC=5)c2ccccc2C2C=CC=CC21. The third kappa shape index (κ3) is 2.47. The average molecular weight is 471 g/mol. The molecule has 3 aliphatic rings. The van der Waals surface area contributed by atoms with Crippen molar-refractivity contribution in [1.82, 2.24) is 9.38 Å². The summed E-state index contributed by atoms with van der Waals surface area (Å²) in [6.45, 7) is 0. The Morgan fingerprint density at radius 2 is 1.63 bits per heavy atom. The highest BCUT2D eigenvalue weighted by molar-refractivity contribution is 7.80. The molecule has 3 heterocycles. The van der Waals surface area contributed by atoms with Gasteiger partial charge in [-0.2, -0.15) is 0 Å². The fraction of sp³-hybridized carbons (Fsp3) is 0.129. The number of rotatable bonds is 1. The highest BCUT2D eigenvalue weighted by atomic mass is 31.2. The topological polar surface area (TPSA) is 34.4 Å². The fourth-order valence-corrected chi connectivity index (χ4v) is 10.0. The molecule has 0 N–H and O–H groups in total. The van der Waals surface area contributed by atoms with Crippen LogP contribution in [0.2, 0.25) is 0 Å². The minimum absolute atomic E-state index is 0.0325. The molecule has 3 atom stereocenters. The van der Waals surface area contributed by atoms with Gasteiger partial charge in [0.05, 0.1) is 16.2 Å². The number of fused-ring (bicyclic) bond motifs is 11. The van der Waals surface area contributed by atoms with Crippen molar-refractivity contribution in [2.45, 2.75) is 24.4 Å². The highest BCUT2D eigenvalue weighted by Gasteiger charge is 2.48. The number of pyridine rings is 1. The van der Waals surface area contributed by atoms with E-state index in [1.54, 1.807) is 0 Å². The van der Waals surface area contributed by atoms with Gasteiger partial charge in [-0.15, -0.1) is 0 Å². The molecule has 8 rings (SSSR count). The summed E-state index contributed by atoms with van der Waals surface area (Å²) in [5.41, 5.74) is 3.24. The largest absolute Gasteiger partial charge is 0.313 e. The minimum Gasteiger partial charge on any atom is -0.313 e. The van der Waals surface area contributed by atoms with Crippen LogP contribution in [0.1, 0.15) is 24.3 Å². The van der Waals surface area contributed by atoms with Crippen LogP contribution in [0.3, 0.4) is 0 Å². The van der Waals surface area contributed by atoms with Crippen LogP contribution in [0.15, 0.2) is 91.0 Å². The van der Waals surface area contributed by atoms with Crippen molar-refractivity contribution < 1.29 is 4.57 Å². The summed E-state index contributed by atoms with van der Waals surface area (Å²) in [5, 5.41) is 7.67. The van der Waals surface area contributed by atoms with E-state index < -0.39 is 7.14 Å². The lowest BCUT2D eigenvalue weighted by Crippen LogP contribution is -2.29. The maximum atomic E-state index is 15.1. The molecule has 0 amide bonds. The Hall–Kier alpha value is -3.68. The van der Waals surface area contributed by atoms with Gasteiger partial charge in [0.1, 0.15) is 5.65 Å². The average Bonchev–Trinajstić information content (AvgIpc) is 3.44. The third-order valence-corrected chi connectivity index (χ3v) is 11.5. The summed E-state index contributed by atoms with van der Waals surface area (Å²) in [4.78, 5) is 5.06. The Balaban J connectivity index is 1.52. The first-order valence-electron chi connectivity index (χ1n) is 12.3. The molecule has 3 unspecified atom stereocenters. The van der Waals surface area contributed by atoms with Crippen molar-refractivity contribution in [3.05, 3.63) is 107 Å². The molecule has 0 bridgehead atoms. The Bertz CT molecular complexity index is 1960. The van der Waals surface area contributed by atoms with E-state index in [2.05, 4.69) is 102 Å². The van der Waals surface area contributed by atoms with Crippen LogP contribution in [-0.4, -0.2) is 15.0 Å². The van der Waals surface area contributed by atoms with E-state index in [-0.39, 0.29) is 11.6 Å². The number of imidazole rings is 1. The highest BCUT2D eigenvalue weighted by Crippen LogP contribution is 2.61. The molecule has 3 aromatic carbocycles. The molecular weight excluding hydrogens is 447 g/mol. The predicted octanol–water partition coefficient (Wildman–Crippen LogP) is 4.90. The lowest BCUT2D eigenvalue weighted by Gasteiger charge is -2.24. The van der Waals surface area contributed by atoms with Gasteiger partial charge in [-0.1, -0.05) is 97.1 Å². The van der Waals surface area contributed by atoms with E-state index in [1.165, 1.54) is 16.3 Å². The smallest absolute Gasteiger partial charge is 0.151 e. The minimum atomic E-state index is -2.89. The summed E-state index contributed by atoms with van der Waals surface area (Å²) >= 11 is 0. The maximum Gasteiger partial charge on any atom is 0.151 e. The van der Waals surface area contributed by atoms with Gasteiger partial charge in [0.15, 0.2) is 7.14 Å². The molecule has 0 radical (unpaired) electrons. The molecule has 3 nitrogen and oxygen atoms in total. The van der Waals surface area contributed by atoms with Crippen LogP contribution in [0.25, 0.3) is 39.5 Å². The van der Waals surface area contributed by atoms with Crippen LogP contribution in [0.5, 0.6) is 0 Å². The monoisotopic (exact) mass is 470 g/mol. The Kier molecular flexibility index (Phi) is 3.88. The molecular formula is C31H23N2OP. The molecule has 0 fully saturated rings. The Morgan fingerprint density at radius 3 is 2.57 bits per heavy atom. The normalized spacial score (nSPS) is 24.2. The van der Waals surface area contributed by atoms with Crippen molar-refractivity contribution in [1.29, 1.82) is 0 Å². The van der Waals surface area contributed by atoms with Crippen molar-refractivity contribution >= 4 is 57.2 Å². The second kappa shape index (κ2) is 6.93. The van der Waals surface area contributed by atoms with Crippen LogP contribution in [0, 0.1) is 0 Å². The fourth-order valence-electron chi connectivity index (χ4n) is 6.49. The zero-order chi connectivity index (χ0) is 23.1. The van der Waals surface area contributed by atoms with Crippen molar-refractivity contribution in [3.8, 4) is 0 Å². The Morgan fingerprint density at radius 1 is 0.829 bits per heavy atom. The van der Waals surface area contributed by atoms with Gasteiger partial charge in [0, 0.05) is 33.0 Å². The van der Waals surface area contributed by atoms with E-state index >= 15 is 4.57 Å². The van der Waals surface area contributed by atoms with Crippen molar-refractivity contribution in [2.75, 3.05) is 0 Å². The predicted molar refractivity (Wildman–Crippen MR) is 146 cm³/mol. The van der Waals surface area contributed by atoms with E-state index in [4.69, 9.17) is 4.98 Å². The third-order valence-electron chi connectivity index (χ3n) is 8.03. The number of nitrogens with zero attached hydrogens (tertiary/aromatic N) is 2. The zero-order valence-electron chi connectivity index (χ0n) is 19.1. The maximum absolute atomic E-state index is 15.1. The van der Waals surface area contributed by atoms with E-state index in [0.29, 0.717) is 0 Å². The van der Waals surface area contributed by atoms with Gasteiger partial charge in [-0.25, -0.2) is 4.98 Å². The second-order valence-electron chi connectivity index (χ2n) is 9.78. The van der Waals surface area contributed by atoms with Gasteiger partial charge in [-0.3, -0.25) is 4.40 Å². The number of aromatic nitrogens is 2. The lowest BCUT2D eigenvalue weighted by molar-refractivity contribution is 0.582. The van der Waals surface area contributed by atoms with Gasteiger partial charge in [-0.05, 0) is 29.9 Å². The summed E-state index contributed by atoms with van der Waals surface area (Å²) in [6, 6.07) is 23.3. The molecule has 35 heavy (non-hydrogen) atoms. The molecule has 2 aliphatic carbocycles. The molecule has 5 aromatic rings. The van der Waals surface area contributed by atoms with Crippen LogP contribution < -0.4 is 21.3 Å². The van der Waals surface area contributed by atoms with Gasteiger partial charge < -0.3 is 4.57 Å². The first-order chi connectivity index (χ1) is 17.2. The molecule has 1 aliphatic heterocycles. The van der Waals surface area contributed by atoms with Crippen LogP contribution in [-0.2, 0) is 4.57 Å². The second-order valence-corrected chi connectivity index (χ2v) is 12.7. The summed E-state index contributed by atoms with van der Waals surface area (Å²) in [5.74, 6) is 0.165. The van der Waals surface area contributed by atoms with Gasteiger partial charge in [0.2, 0.25) is 0 Å². The van der Waals surface area contributed by atoms with Crippen molar-refractivity contribution in [3.63, 3.8) is 0 Å². The number of benzene rings is 3. The van der Waals surface area contributed by atoms with E-state index in [1.807, 2.05) is 6.07 Å². The standard InChI is InChI=1S/C31H23N2OP/c34-35(29-15-7-3-10-23(29)24-11-4-8-16-30(24)35)20-17-18-22-21-9-1-2-12-25(21)31-32-26-13-5-6-14-27(26)33(31)28(22)19-20/h1-4,7-19,23,29H,5-6H2.